The lowest BCUT2D eigenvalue weighted by Crippen LogP contribution is -2.52. The Balaban J connectivity index is 1.90. The van der Waals surface area contributed by atoms with Gasteiger partial charge in [-0.1, -0.05) is 59.6 Å². The molecule has 0 aliphatic heterocycles. The quantitative estimate of drug-likeness (QED) is 0.215. The minimum atomic E-state index is -3.64. The van der Waals surface area contributed by atoms with Crippen LogP contribution in [0.5, 0.6) is 5.75 Å². The van der Waals surface area contributed by atoms with Gasteiger partial charge in [-0.3, -0.25) is 13.9 Å². The molecule has 0 aliphatic carbocycles. The van der Waals surface area contributed by atoms with Crippen molar-refractivity contribution >= 4 is 50.7 Å². The third-order valence-corrected chi connectivity index (χ3v) is 8.58. The fourth-order valence-corrected chi connectivity index (χ4v) is 6.15. The highest BCUT2D eigenvalue weighted by Gasteiger charge is 2.31. The normalized spacial score (nSPS) is 12.1. The molecule has 0 bridgehead atoms. The van der Waals surface area contributed by atoms with Crippen LogP contribution in [0.3, 0.4) is 0 Å². The number of hydrogen-bond acceptors (Lipinski definition) is 5. The Labute approximate surface area is 265 Å². The van der Waals surface area contributed by atoms with Gasteiger partial charge in [0.25, 0.3) is 0 Å². The summed E-state index contributed by atoms with van der Waals surface area (Å²) in [6.07, 6.45) is 1.61. The first kappa shape index (κ1) is 34.2. The summed E-state index contributed by atoms with van der Waals surface area (Å²) in [5.41, 5.74) is 1.88. The van der Waals surface area contributed by atoms with Crippen LogP contribution in [0.15, 0.2) is 72.8 Å². The molecule has 0 heterocycles. The molecule has 1 unspecified atom stereocenters. The minimum absolute atomic E-state index is 0.00856. The van der Waals surface area contributed by atoms with Crippen LogP contribution < -0.4 is 14.4 Å². The number of rotatable bonds is 15. The number of sulfonamides is 1. The first-order valence-corrected chi connectivity index (χ1v) is 16.8. The van der Waals surface area contributed by atoms with E-state index in [1.165, 1.54) is 9.21 Å². The SMILES string of the molecule is CCOc1ccc(N(CCCC(=O)N(Cc2c(Cl)cccc2Cl)C(Cc2ccccc2)C(=O)NC(C)C)S(C)(=O)=O)cc1. The maximum absolute atomic E-state index is 14.0. The van der Waals surface area contributed by atoms with Gasteiger partial charge in [0.05, 0.1) is 18.6 Å². The molecule has 3 aromatic rings. The van der Waals surface area contributed by atoms with E-state index in [4.69, 9.17) is 27.9 Å². The number of nitrogens with zero attached hydrogens (tertiary/aromatic N) is 2. The van der Waals surface area contributed by atoms with Crippen LogP contribution in [0, 0.1) is 0 Å². The van der Waals surface area contributed by atoms with Gasteiger partial charge >= 0.3 is 0 Å². The van der Waals surface area contributed by atoms with Gasteiger partial charge in [0.1, 0.15) is 11.8 Å². The Morgan fingerprint density at radius 2 is 1.56 bits per heavy atom. The molecule has 3 rings (SSSR count). The molecule has 0 spiro atoms. The molecule has 0 saturated carbocycles. The Kier molecular flexibility index (Phi) is 12.7. The van der Waals surface area contributed by atoms with Gasteiger partial charge in [-0.2, -0.15) is 0 Å². The zero-order valence-electron chi connectivity index (χ0n) is 24.9. The molecular formula is C32H39Cl2N3O5S. The van der Waals surface area contributed by atoms with E-state index in [0.717, 1.165) is 11.8 Å². The summed E-state index contributed by atoms with van der Waals surface area (Å²) in [7, 11) is -3.64. The minimum Gasteiger partial charge on any atom is -0.494 e. The first-order chi connectivity index (χ1) is 20.4. The molecule has 0 saturated heterocycles. The number of halogens is 2. The zero-order valence-corrected chi connectivity index (χ0v) is 27.3. The number of carbonyl (C=O) groups excluding carboxylic acids is 2. The van der Waals surface area contributed by atoms with Crippen molar-refractivity contribution in [1.82, 2.24) is 10.2 Å². The number of hydrogen-bond donors (Lipinski definition) is 1. The highest BCUT2D eigenvalue weighted by molar-refractivity contribution is 7.92. The predicted molar refractivity (Wildman–Crippen MR) is 173 cm³/mol. The van der Waals surface area contributed by atoms with Crippen LogP contribution in [-0.4, -0.2) is 56.6 Å². The van der Waals surface area contributed by atoms with Gasteiger partial charge in [-0.25, -0.2) is 8.42 Å². The lowest BCUT2D eigenvalue weighted by molar-refractivity contribution is -0.141. The number of anilines is 1. The Bertz CT molecular complexity index is 1450. The van der Waals surface area contributed by atoms with Crippen molar-refractivity contribution in [2.45, 2.75) is 58.7 Å². The van der Waals surface area contributed by atoms with Gasteiger partial charge in [-0.05, 0) is 69.2 Å². The molecule has 43 heavy (non-hydrogen) atoms. The van der Waals surface area contributed by atoms with E-state index in [-0.39, 0.29) is 50.2 Å². The monoisotopic (exact) mass is 647 g/mol. The van der Waals surface area contributed by atoms with Crippen LogP contribution >= 0.6 is 23.2 Å². The molecular weight excluding hydrogens is 609 g/mol. The Morgan fingerprint density at radius 3 is 2.12 bits per heavy atom. The molecule has 0 radical (unpaired) electrons. The highest BCUT2D eigenvalue weighted by atomic mass is 35.5. The second-order valence-corrected chi connectivity index (χ2v) is 13.2. The van der Waals surface area contributed by atoms with Crippen LogP contribution in [-0.2, 0) is 32.6 Å². The van der Waals surface area contributed by atoms with Gasteiger partial charge in [-0.15, -0.1) is 0 Å². The maximum atomic E-state index is 14.0. The summed E-state index contributed by atoms with van der Waals surface area (Å²) in [6.45, 7) is 6.15. The lowest BCUT2D eigenvalue weighted by atomic mass is 10.0. The number of ether oxygens (including phenoxy) is 1. The average Bonchev–Trinajstić information content (AvgIpc) is 2.94. The number of carbonyl (C=O) groups is 2. The van der Waals surface area contributed by atoms with Gasteiger partial charge in [0.15, 0.2) is 0 Å². The summed E-state index contributed by atoms with van der Waals surface area (Å²) in [5, 5.41) is 3.71. The molecule has 0 fully saturated rings. The largest absolute Gasteiger partial charge is 0.494 e. The topological polar surface area (TPSA) is 96.0 Å². The molecule has 11 heteroatoms. The highest BCUT2D eigenvalue weighted by Crippen LogP contribution is 2.28. The number of nitrogens with one attached hydrogen (secondary N) is 1. The van der Waals surface area contributed by atoms with Gasteiger partial charge in [0, 0.05) is 47.6 Å². The summed E-state index contributed by atoms with van der Waals surface area (Å²) in [5.74, 6) is 0.00591. The fourth-order valence-electron chi connectivity index (χ4n) is 4.67. The fraction of sp³-hybridized carbons (Fsp3) is 0.375. The summed E-state index contributed by atoms with van der Waals surface area (Å²) >= 11 is 13.0. The second kappa shape index (κ2) is 16.0. The molecule has 232 valence electrons. The molecule has 8 nitrogen and oxygen atoms in total. The van der Waals surface area contributed by atoms with Crippen molar-refractivity contribution in [3.8, 4) is 5.75 Å². The molecule has 1 N–H and O–H groups in total. The van der Waals surface area contributed by atoms with Crippen LogP contribution in [0.25, 0.3) is 0 Å². The van der Waals surface area contributed by atoms with Crippen LogP contribution in [0.2, 0.25) is 10.0 Å². The van der Waals surface area contributed by atoms with Crippen LogP contribution in [0.4, 0.5) is 5.69 Å². The summed E-state index contributed by atoms with van der Waals surface area (Å²) in [6, 6.07) is 20.3. The van der Waals surface area contributed by atoms with Crippen molar-refractivity contribution in [1.29, 1.82) is 0 Å². The van der Waals surface area contributed by atoms with Crippen molar-refractivity contribution in [2.24, 2.45) is 0 Å². The van der Waals surface area contributed by atoms with E-state index >= 15 is 0 Å². The van der Waals surface area contributed by atoms with E-state index < -0.39 is 16.1 Å². The van der Waals surface area contributed by atoms with Crippen molar-refractivity contribution < 1.29 is 22.7 Å². The van der Waals surface area contributed by atoms with E-state index in [1.807, 2.05) is 51.1 Å². The molecule has 0 aromatic heterocycles. The van der Waals surface area contributed by atoms with E-state index in [2.05, 4.69) is 5.32 Å². The van der Waals surface area contributed by atoms with E-state index in [1.54, 1.807) is 42.5 Å². The standard InChI is InChI=1S/C32H39Cl2N3O5S/c1-5-42-26-18-16-25(17-19-26)37(43(4,40)41)20-10-15-31(38)36(22-27-28(33)13-9-14-29(27)34)30(32(39)35-23(2)3)21-24-11-7-6-8-12-24/h6-9,11-14,16-19,23,30H,5,10,15,20-22H2,1-4H3,(H,35,39). The van der Waals surface area contributed by atoms with Gasteiger partial charge in [0.2, 0.25) is 21.8 Å². The Hall–Kier alpha value is -3.27. The summed E-state index contributed by atoms with van der Waals surface area (Å²) < 4.78 is 32.1. The predicted octanol–water partition coefficient (Wildman–Crippen LogP) is 6.10. The third-order valence-electron chi connectivity index (χ3n) is 6.68. The van der Waals surface area contributed by atoms with Crippen LogP contribution in [0.1, 0.15) is 44.7 Å². The molecule has 1 atom stereocenters. The smallest absolute Gasteiger partial charge is 0.243 e. The van der Waals surface area contributed by atoms with Crippen molar-refractivity contribution in [3.63, 3.8) is 0 Å². The van der Waals surface area contributed by atoms with E-state index in [0.29, 0.717) is 33.7 Å². The van der Waals surface area contributed by atoms with Crippen molar-refractivity contribution in [3.05, 3.63) is 94.0 Å². The lowest BCUT2D eigenvalue weighted by Gasteiger charge is -2.33. The number of benzene rings is 3. The maximum Gasteiger partial charge on any atom is 0.243 e. The van der Waals surface area contributed by atoms with Gasteiger partial charge < -0.3 is 15.0 Å². The first-order valence-electron chi connectivity index (χ1n) is 14.2. The Morgan fingerprint density at radius 1 is 0.930 bits per heavy atom. The number of amides is 2. The molecule has 3 aromatic carbocycles. The summed E-state index contributed by atoms with van der Waals surface area (Å²) in [4.78, 5) is 29.0. The molecule has 0 aliphatic rings. The van der Waals surface area contributed by atoms with Crippen molar-refractivity contribution in [2.75, 3.05) is 23.7 Å². The molecule has 2 amide bonds. The second-order valence-electron chi connectivity index (χ2n) is 10.5. The third kappa shape index (κ3) is 10.2. The van der Waals surface area contributed by atoms with E-state index in [9.17, 15) is 18.0 Å². The average molecular weight is 649 g/mol. The zero-order chi connectivity index (χ0) is 31.6.